The first-order chi connectivity index (χ1) is 11.6. The molecular weight excluding hydrogens is 308 g/mol. The summed E-state index contributed by atoms with van der Waals surface area (Å²) in [5.41, 5.74) is 4.34. The molecule has 0 spiro atoms. The van der Waals surface area contributed by atoms with Crippen molar-refractivity contribution in [1.82, 2.24) is 5.43 Å². The number of aryl methyl sites for hydroxylation is 1. The Bertz CT molecular complexity index is 773. The molecule has 0 saturated heterocycles. The van der Waals surface area contributed by atoms with Crippen LogP contribution in [0.25, 0.3) is 0 Å². The lowest BCUT2D eigenvalue weighted by Crippen LogP contribution is -2.33. The molecule has 1 N–H and O–H groups in total. The Morgan fingerprint density at radius 3 is 2.92 bits per heavy atom. The lowest BCUT2D eigenvalue weighted by Gasteiger charge is -2.13. The first-order valence-corrected chi connectivity index (χ1v) is 7.58. The molecule has 1 heterocycles. The van der Waals surface area contributed by atoms with Crippen LogP contribution in [0.2, 0.25) is 0 Å². The second-order valence-electron chi connectivity index (χ2n) is 5.42. The van der Waals surface area contributed by atoms with Gasteiger partial charge in [0.05, 0.1) is 6.21 Å². The van der Waals surface area contributed by atoms with E-state index in [0.29, 0.717) is 17.2 Å². The van der Waals surface area contributed by atoms with E-state index in [1.807, 2.05) is 37.3 Å². The third kappa shape index (κ3) is 3.84. The van der Waals surface area contributed by atoms with Gasteiger partial charge in [-0.1, -0.05) is 12.1 Å². The number of rotatable bonds is 5. The molecule has 24 heavy (non-hydrogen) atoms. The van der Waals surface area contributed by atoms with Crippen LogP contribution in [0.5, 0.6) is 17.2 Å². The molecule has 0 saturated carbocycles. The van der Waals surface area contributed by atoms with Crippen molar-refractivity contribution in [2.75, 3.05) is 6.79 Å². The Balaban J connectivity index is 1.54. The monoisotopic (exact) mass is 326 g/mol. The van der Waals surface area contributed by atoms with Crippen LogP contribution < -0.4 is 19.6 Å². The van der Waals surface area contributed by atoms with Gasteiger partial charge in [-0.15, -0.1) is 0 Å². The summed E-state index contributed by atoms with van der Waals surface area (Å²) in [6.07, 6.45) is 0.889. The molecule has 0 radical (unpaired) electrons. The predicted octanol–water partition coefficient (Wildman–Crippen LogP) is 2.64. The minimum Gasteiger partial charge on any atom is -0.481 e. The predicted molar refractivity (Wildman–Crippen MR) is 89.6 cm³/mol. The van der Waals surface area contributed by atoms with E-state index in [-0.39, 0.29) is 12.7 Å². The quantitative estimate of drug-likeness (QED) is 0.677. The number of nitrogens with zero attached hydrogens (tertiary/aromatic N) is 1. The SMILES string of the molecule is Cc1cccc(O[C@H](C)C(=O)NN=Cc2ccc3c(c2)OCO3)c1. The molecule has 1 aliphatic heterocycles. The van der Waals surface area contributed by atoms with Gasteiger partial charge in [-0.2, -0.15) is 5.10 Å². The summed E-state index contributed by atoms with van der Waals surface area (Å²) in [7, 11) is 0. The molecule has 0 unspecified atom stereocenters. The Labute approximate surface area is 140 Å². The molecule has 0 aliphatic carbocycles. The zero-order valence-electron chi connectivity index (χ0n) is 13.5. The number of hydrogen-bond donors (Lipinski definition) is 1. The van der Waals surface area contributed by atoms with Crippen molar-refractivity contribution in [3.05, 3.63) is 53.6 Å². The Morgan fingerprint density at radius 1 is 1.25 bits per heavy atom. The largest absolute Gasteiger partial charge is 0.481 e. The van der Waals surface area contributed by atoms with Gasteiger partial charge < -0.3 is 14.2 Å². The van der Waals surface area contributed by atoms with Crippen LogP contribution in [-0.2, 0) is 4.79 Å². The van der Waals surface area contributed by atoms with E-state index in [1.165, 1.54) is 0 Å². The van der Waals surface area contributed by atoms with Crippen LogP contribution in [0, 0.1) is 6.92 Å². The summed E-state index contributed by atoms with van der Waals surface area (Å²) in [4.78, 5) is 12.0. The van der Waals surface area contributed by atoms with Crippen LogP contribution >= 0.6 is 0 Å². The van der Waals surface area contributed by atoms with Gasteiger partial charge in [0, 0.05) is 0 Å². The molecule has 1 aliphatic rings. The second-order valence-corrected chi connectivity index (χ2v) is 5.42. The Hall–Kier alpha value is -3.02. The highest BCUT2D eigenvalue weighted by Gasteiger charge is 2.14. The standard InChI is InChI=1S/C18H18N2O4/c1-12-4-3-5-15(8-12)24-13(2)18(21)20-19-10-14-6-7-16-17(9-14)23-11-22-16/h3-10,13H,11H2,1-2H3,(H,20,21)/t13-/m1/s1. The summed E-state index contributed by atoms with van der Waals surface area (Å²) >= 11 is 0. The van der Waals surface area contributed by atoms with E-state index < -0.39 is 6.10 Å². The van der Waals surface area contributed by atoms with E-state index in [2.05, 4.69) is 10.5 Å². The number of amides is 1. The maximum atomic E-state index is 12.0. The fraction of sp³-hybridized carbons (Fsp3) is 0.222. The summed E-state index contributed by atoms with van der Waals surface area (Å²) in [6, 6.07) is 13.0. The van der Waals surface area contributed by atoms with Crippen molar-refractivity contribution in [3.8, 4) is 17.2 Å². The van der Waals surface area contributed by atoms with E-state index in [0.717, 1.165) is 11.1 Å². The topological polar surface area (TPSA) is 69.2 Å². The smallest absolute Gasteiger partial charge is 0.280 e. The second kappa shape index (κ2) is 7.04. The minimum absolute atomic E-state index is 0.223. The molecule has 1 amide bonds. The molecule has 2 aromatic carbocycles. The Kier molecular flexibility index (Phi) is 4.65. The summed E-state index contributed by atoms with van der Waals surface area (Å²) in [6.45, 7) is 3.86. The number of hydrazone groups is 1. The molecular formula is C18H18N2O4. The maximum absolute atomic E-state index is 12.0. The molecule has 2 aromatic rings. The lowest BCUT2D eigenvalue weighted by molar-refractivity contribution is -0.127. The highest BCUT2D eigenvalue weighted by Crippen LogP contribution is 2.31. The molecule has 1 atom stereocenters. The molecule has 0 aromatic heterocycles. The number of hydrogen-bond acceptors (Lipinski definition) is 5. The van der Waals surface area contributed by atoms with Gasteiger partial charge in [-0.3, -0.25) is 4.79 Å². The van der Waals surface area contributed by atoms with Gasteiger partial charge in [-0.25, -0.2) is 5.43 Å². The number of ether oxygens (including phenoxy) is 3. The van der Waals surface area contributed by atoms with Crippen LogP contribution in [0.4, 0.5) is 0 Å². The average Bonchev–Trinajstić information content (AvgIpc) is 3.02. The fourth-order valence-corrected chi connectivity index (χ4v) is 2.20. The first kappa shape index (κ1) is 15.9. The molecule has 124 valence electrons. The zero-order chi connectivity index (χ0) is 16.9. The number of carbonyl (C=O) groups excluding carboxylic acids is 1. The van der Waals surface area contributed by atoms with Gasteiger partial charge in [-0.05, 0) is 55.3 Å². The van der Waals surface area contributed by atoms with Crippen LogP contribution in [-0.4, -0.2) is 25.0 Å². The number of benzene rings is 2. The van der Waals surface area contributed by atoms with E-state index in [9.17, 15) is 4.79 Å². The number of fused-ring (bicyclic) bond motifs is 1. The van der Waals surface area contributed by atoms with E-state index in [4.69, 9.17) is 14.2 Å². The third-order valence-electron chi connectivity index (χ3n) is 3.46. The van der Waals surface area contributed by atoms with Gasteiger partial charge >= 0.3 is 0 Å². The summed E-state index contributed by atoms with van der Waals surface area (Å²) < 4.78 is 16.1. The number of carbonyl (C=O) groups is 1. The third-order valence-corrected chi connectivity index (χ3v) is 3.46. The van der Waals surface area contributed by atoms with Crippen molar-refractivity contribution in [2.24, 2.45) is 5.10 Å². The van der Waals surface area contributed by atoms with Crippen LogP contribution in [0.3, 0.4) is 0 Å². The average molecular weight is 326 g/mol. The Morgan fingerprint density at radius 2 is 2.08 bits per heavy atom. The molecule has 0 bridgehead atoms. The van der Waals surface area contributed by atoms with Crippen molar-refractivity contribution < 1.29 is 19.0 Å². The minimum atomic E-state index is -0.652. The van der Waals surface area contributed by atoms with Crippen molar-refractivity contribution >= 4 is 12.1 Å². The van der Waals surface area contributed by atoms with E-state index in [1.54, 1.807) is 25.3 Å². The van der Waals surface area contributed by atoms with Crippen molar-refractivity contribution in [1.29, 1.82) is 0 Å². The number of nitrogens with one attached hydrogen (secondary N) is 1. The first-order valence-electron chi connectivity index (χ1n) is 7.58. The van der Waals surface area contributed by atoms with Crippen LogP contribution in [0.1, 0.15) is 18.1 Å². The zero-order valence-corrected chi connectivity index (χ0v) is 13.5. The highest BCUT2D eigenvalue weighted by atomic mass is 16.7. The maximum Gasteiger partial charge on any atom is 0.280 e. The summed E-state index contributed by atoms with van der Waals surface area (Å²) in [5, 5.41) is 3.95. The van der Waals surface area contributed by atoms with Gasteiger partial charge in [0.15, 0.2) is 17.6 Å². The lowest BCUT2D eigenvalue weighted by atomic mass is 10.2. The van der Waals surface area contributed by atoms with Crippen molar-refractivity contribution in [3.63, 3.8) is 0 Å². The fourth-order valence-electron chi connectivity index (χ4n) is 2.20. The van der Waals surface area contributed by atoms with Gasteiger partial charge in [0.25, 0.3) is 5.91 Å². The van der Waals surface area contributed by atoms with Gasteiger partial charge in [0.1, 0.15) is 5.75 Å². The normalized spacial score (nSPS) is 13.8. The van der Waals surface area contributed by atoms with E-state index >= 15 is 0 Å². The molecule has 6 heteroatoms. The van der Waals surface area contributed by atoms with Crippen LogP contribution in [0.15, 0.2) is 47.6 Å². The van der Waals surface area contributed by atoms with Crippen molar-refractivity contribution in [2.45, 2.75) is 20.0 Å². The highest BCUT2D eigenvalue weighted by molar-refractivity contribution is 5.85. The molecule has 6 nitrogen and oxygen atoms in total. The molecule has 0 fully saturated rings. The summed E-state index contributed by atoms with van der Waals surface area (Å²) in [5.74, 6) is 1.70. The van der Waals surface area contributed by atoms with Gasteiger partial charge in [0.2, 0.25) is 6.79 Å². The molecule has 3 rings (SSSR count).